The summed E-state index contributed by atoms with van der Waals surface area (Å²) in [6.07, 6.45) is 0.724. The fourth-order valence-electron chi connectivity index (χ4n) is 3.46. The van der Waals surface area contributed by atoms with Crippen molar-refractivity contribution in [3.05, 3.63) is 100 Å². The zero-order valence-electron chi connectivity index (χ0n) is 19.6. The van der Waals surface area contributed by atoms with Gasteiger partial charge in [-0.2, -0.15) is 0 Å². The van der Waals surface area contributed by atoms with Crippen LogP contribution in [0.5, 0.6) is 0 Å². The Morgan fingerprint density at radius 1 is 0.865 bits per heavy atom. The van der Waals surface area contributed by atoms with Gasteiger partial charge in [0.25, 0.3) is 17.7 Å². The number of carbonyl (C=O) groups excluding carboxylic acids is 4. The maximum Gasteiger partial charge on any atom is 0.338 e. The van der Waals surface area contributed by atoms with Crippen molar-refractivity contribution in [3.63, 3.8) is 0 Å². The molecule has 3 aromatic rings. The molecule has 0 radical (unpaired) electrons. The third kappa shape index (κ3) is 5.68. The lowest BCUT2D eigenvalue weighted by Crippen LogP contribution is -2.32. The average Bonchev–Trinajstić information content (AvgIpc) is 3.11. The van der Waals surface area contributed by atoms with E-state index in [0.29, 0.717) is 29.1 Å². The van der Waals surface area contributed by atoms with Gasteiger partial charge in [0.2, 0.25) is 0 Å². The van der Waals surface area contributed by atoms with Crippen LogP contribution in [0.25, 0.3) is 0 Å². The molecule has 1 heterocycles. The lowest BCUT2D eigenvalue weighted by molar-refractivity contribution is -0.120. The first-order valence-electron chi connectivity index (χ1n) is 11.3. The Morgan fingerprint density at radius 2 is 1.46 bits per heavy atom. The second kappa shape index (κ2) is 11.0. The molecule has 1 aliphatic heterocycles. The number of nitrogens with zero attached hydrogens (tertiary/aromatic N) is 1. The summed E-state index contributed by atoms with van der Waals surface area (Å²) >= 11 is 6.11. The van der Waals surface area contributed by atoms with Crippen molar-refractivity contribution in [2.75, 3.05) is 22.1 Å². The maximum absolute atomic E-state index is 13.2. The standard InChI is InChI=1S/C27H21ClFN3O5/c1-2-15-37-27(36)17-5-11-20(12-6-17)31-24(33)16-3-9-19(10-4-16)30-23-22(28)25(34)32(26(23)35)21-13-7-18(29)8-14-21/h3-14,30H,2,15H2,1H3,(H,31,33). The van der Waals surface area contributed by atoms with Crippen LogP contribution in [-0.2, 0) is 14.3 Å². The number of carbonyl (C=O) groups is 4. The quantitative estimate of drug-likeness (QED) is 0.316. The molecule has 37 heavy (non-hydrogen) atoms. The number of benzene rings is 3. The number of hydrogen-bond donors (Lipinski definition) is 2. The fourth-order valence-corrected chi connectivity index (χ4v) is 3.67. The largest absolute Gasteiger partial charge is 0.462 e. The van der Waals surface area contributed by atoms with E-state index in [1.807, 2.05) is 6.92 Å². The number of halogens is 2. The van der Waals surface area contributed by atoms with Crippen LogP contribution >= 0.6 is 11.6 Å². The molecule has 0 atom stereocenters. The predicted octanol–water partition coefficient (Wildman–Crippen LogP) is 5.08. The van der Waals surface area contributed by atoms with E-state index in [2.05, 4.69) is 10.6 Å². The van der Waals surface area contributed by atoms with Crippen LogP contribution in [0.4, 0.5) is 21.5 Å². The Balaban J connectivity index is 1.40. The van der Waals surface area contributed by atoms with Crippen LogP contribution in [0.3, 0.4) is 0 Å². The summed E-state index contributed by atoms with van der Waals surface area (Å²) in [6.45, 7) is 2.24. The minimum atomic E-state index is -0.735. The summed E-state index contributed by atoms with van der Waals surface area (Å²) < 4.78 is 18.3. The van der Waals surface area contributed by atoms with E-state index >= 15 is 0 Å². The summed E-state index contributed by atoms with van der Waals surface area (Å²) in [5.74, 6) is -2.75. The lowest BCUT2D eigenvalue weighted by atomic mass is 10.1. The SMILES string of the molecule is CCCOC(=O)c1ccc(NC(=O)c2ccc(NC3=C(Cl)C(=O)N(c4ccc(F)cc4)C3=O)cc2)cc1. The molecular formula is C27H21ClFN3O5. The molecule has 1 aliphatic rings. The number of rotatable bonds is 8. The summed E-state index contributed by atoms with van der Waals surface area (Å²) in [5.41, 5.74) is 1.68. The molecule has 3 aromatic carbocycles. The van der Waals surface area contributed by atoms with Gasteiger partial charge in [-0.3, -0.25) is 14.4 Å². The van der Waals surface area contributed by atoms with Crippen LogP contribution in [0.2, 0.25) is 0 Å². The van der Waals surface area contributed by atoms with Gasteiger partial charge in [-0.15, -0.1) is 0 Å². The van der Waals surface area contributed by atoms with Crippen LogP contribution < -0.4 is 15.5 Å². The van der Waals surface area contributed by atoms with E-state index in [9.17, 15) is 23.6 Å². The average molecular weight is 522 g/mol. The van der Waals surface area contributed by atoms with Crippen LogP contribution in [0, 0.1) is 5.82 Å². The van der Waals surface area contributed by atoms with Crippen molar-refractivity contribution < 1.29 is 28.3 Å². The Morgan fingerprint density at radius 3 is 2.08 bits per heavy atom. The smallest absolute Gasteiger partial charge is 0.338 e. The van der Waals surface area contributed by atoms with Gasteiger partial charge in [-0.1, -0.05) is 18.5 Å². The number of nitrogens with one attached hydrogen (secondary N) is 2. The van der Waals surface area contributed by atoms with E-state index in [-0.39, 0.29) is 22.3 Å². The molecule has 10 heteroatoms. The van der Waals surface area contributed by atoms with Crippen LogP contribution in [-0.4, -0.2) is 30.3 Å². The van der Waals surface area contributed by atoms with Gasteiger partial charge in [-0.05, 0) is 79.2 Å². The highest BCUT2D eigenvalue weighted by atomic mass is 35.5. The van der Waals surface area contributed by atoms with Crippen molar-refractivity contribution in [1.29, 1.82) is 0 Å². The Kier molecular flexibility index (Phi) is 7.64. The highest BCUT2D eigenvalue weighted by molar-refractivity contribution is 6.53. The van der Waals surface area contributed by atoms with Gasteiger partial charge in [0.15, 0.2) is 0 Å². The molecule has 8 nitrogen and oxygen atoms in total. The van der Waals surface area contributed by atoms with Crippen molar-refractivity contribution in [2.45, 2.75) is 13.3 Å². The fraction of sp³-hybridized carbons (Fsp3) is 0.111. The molecule has 0 aromatic heterocycles. The number of esters is 1. The second-order valence-corrected chi connectivity index (χ2v) is 8.36. The summed E-state index contributed by atoms with van der Waals surface area (Å²) in [7, 11) is 0. The van der Waals surface area contributed by atoms with E-state index < -0.39 is 23.6 Å². The molecule has 0 saturated carbocycles. The minimum Gasteiger partial charge on any atom is -0.462 e. The van der Waals surface area contributed by atoms with E-state index in [0.717, 1.165) is 23.5 Å². The molecule has 188 valence electrons. The predicted molar refractivity (Wildman–Crippen MR) is 137 cm³/mol. The second-order valence-electron chi connectivity index (χ2n) is 7.98. The number of amides is 3. The van der Waals surface area contributed by atoms with Crippen molar-refractivity contribution in [1.82, 2.24) is 0 Å². The summed E-state index contributed by atoms with van der Waals surface area (Å²) in [6, 6.07) is 17.4. The molecule has 0 unspecified atom stereocenters. The molecule has 0 aliphatic carbocycles. The zero-order chi connectivity index (χ0) is 26.5. The molecule has 0 fully saturated rings. The van der Waals surface area contributed by atoms with Crippen LogP contribution in [0.1, 0.15) is 34.1 Å². The van der Waals surface area contributed by atoms with E-state index in [4.69, 9.17) is 16.3 Å². The number of hydrogen-bond acceptors (Lipinski definition) is 6. The zero-order valence-corrected chi connectivity index (χ0v) is 20.3. The topological polar surface area (TPSA) is 105 Å². The highest BCUT2D eigenvalue weighted by Gasteiger charge is 2.38. The Hall–Kier alpha value is -4.50. The molecule has 0 bridgehead atoms. The molecule has 4 rings (SSSR count). The van der Waals surface area contributed by atoms with Gasteiger partial charge in [0, 0.05) is 16.9 Å². The summed E-state index contributed by atoms with van der Waals surface area (Å²) in [4.78, 5) is 50.7. The molecule has 0 saturated heterocycles. The van der Waals surface area contributed by atoms with Gasteiger partial charge in [0.05, 0.1) is 17.9 Å². The van der Waals surface area contributed by atoms with Crippen molar-refractivity contribution in [2.24, 2.45) is 0 Å². The van der Waals surface area contributed by atoms with Gasteiger partial charge in [-0.25, -0.2) is 14.1 Å². The van der Waals surface area contributed by atoms with Gasteiger partial charge < -0.3 is 15.4 Å². The Labute approximate surface area is 216 Å². The van der Waals surface area contributed by atoms with Crippen LogP contribution in [0.15, 0.2) is 83.5 Å². The maximum atomic E-state index is 13.2. The van der Waals surface area contributed by atoms with Crippen molar-refractivity contribution in [3.8, 4) is 0 Å². The summed E-state index contributed by atoms with van der Waals surface area (Å²) in [5, 5.41) is 5.24. The van der Waals surface area contributed by atoms with E-state index in [1.54, 1.807) is 36.4 Å². The first-order valence-corrected chi connectivity index (χ1v) is 11.7. The van der Waals surface area contributed by atoms with E-state index in [1.165, 1.54) is 24.3 Å². The lowest BCUT2D eigenvalue weighted by Gasteiger charge is -2.15. The molecule has 2 N–H and O–H groups in total. The third-order valence-electron chi connectivity index (χ3n) is 5.34. The molecule has 0 spiro atoms. The third-order valence-corrected chi connectivity index (χ3v) is 5.69. The minimum absolute atomic E-state index is 0.134. The normalized spacial score (nSPS) is 13.1. The van der Waals surface area contributed by atoms with Gasteiger partial charge >= 0.3 is 5.97 Å². The molecular weight excluding hydrogens is 501 g/mol. The Bertz CT molecular complexity index is 1390. The monoisotopic (exact) mass is 521 g/mol. The first-order chi connectivity index (χ1) is 17.8. The molecule has 3 amide bonds. The number of ether oxygens (including phenoxy) is 1. The van der Waals surface area contributed by atoms with Crippen molar-refractivity contribution >= 4 is 52.4 Å². The van der Waals surface area contributed by atoms with Gasteiger partial charge in [0.1, 0.15) is 16.5 Å². The highest BCUT2D eigenvalue weighted by Crippen LogP contribution is 2.30. The number of anilines is 3. The first kappa shape index (κ1) is 25.6. The number of imide groups is 1.